The molecule has 1 aliphatic rings. The third-order valence-electron chi connectivity index (χ3n) is 3.40. The number of nitrogens with zero attached hydrogens (tertiary/aromatic N) is 2. The number of halogens is 2. The molecule has 0 saturated heterocycles. The van der Waals surface area contributed by atoms with E-state index in [1.807, 2.05) is 7.05 Å². The first-order valence-corrected chi connectivity index (χ1v) is 6.52. The highest BCUT2D eigenvalue weighted by Crippen LogP contribution is 2.24. The van der Waals surface area contributed by atoms with Crippen molar-refractivity contribution in [2.75, 3.05) is 20.1 Å². The maximum Gasteiger partial charge on any atom is 0.307 e. The number of rotatable bonds is 6. The van der Waals surface area contributed by atoms with Crippen LogP contribution in [0.15, 0.2) is 12.1 Å². The lowest BCUT2D eigenvalue weighted by molar-refractivity contribution is -0.387. The van der Waals surface area contributed by atoms with Gasteiger partial charge in [0, 0.05) is 19.1 Å². The quantitative estimate of drug-likeness (QED) is 0.641. The largest absolute Gasteiger partial charge is 0.351 e. The summed E-state index contributed by atoms with van der Waals surface area (Å²) in [6, 6.07) is 1.50. The van der Waals surface area contributed by atoms with Crippen molar-refractivity contribution >= 4 is 11.6 Å². The monoisotopic (exact) mass is 299 g/mol. The summed E-state index contributed by atoms with van der Waals surface area (Å²) in [5.74, 6) is -3.14. The summed E-state index contributed by atoms with van der Waals surface area (Å²) < 4.78 is 27.0. The van der Waals surface area contributed by atoms with Crippen LogP contribution in [0.2, 0.25) is 0 Å². The molecule has 2 rings (SSSR count). The number of amides is 1. The van der Waals surface area contributed by atoms with Gasteiger partial charge in [0.2, 0.25) is 5.82 Å². The highest BCUT2D eigenvalue weighted by atomic mass is 19.1. The van der Waals surface area contributed by atoms with Gasteiger partial charge in [0.05, 0.1) is 16.6 Å². The van der Waals surface area contributed by atoms with Crippen molar-refractivity contribution in [2.45, 2.75) is 18.9 Å². The van der Waals surface area contributed by atoms with E-state index in [0.717, 1.165) is 12.8 Å². The third-order valence-corrected chi connectivity index (χ3v) is 3.40. The van der Waals surface area contributed by atoms with Gasteiger partial charge in [-0.15, -0.1) is 0 Å². The smallest absolute Gasteiger partial charge is 0.307 e. The Balaban J connectivity index is 1.98. The number of likely N-dealkylation sites (N-methyl/N-ethyl adjacent to an activating group) is 1. The highest BCUT2D eigenvalue weighted by molar-refractivity contribution is 5.94. The molecule has 0 bridgehead atoms. The highest BCUT2D eigenvalue weighted by Gasteiger charge is 2.26. The van der Waals surface area contributed by atoms with Gasteiger partial charge in [0.25, 0.3) is 5.91 Å². The molecule has 8 heteroatoms. The Hall–Kier alpha value is -2.09. The van der Waals surface area contributed by atoms with E-state index in [9.17, 15) is 23.7 Å². The maximum atomic E-state index is 13.6. The molecular formula is C13H15F2N3O3. The SMILES string of the molecule is CN(CCNC(=O)c1cc(F)c([N+](=O)[O-])cc1F)C1CC1. The van der Waals surface area contributed by atoms with E-state index in [0.29, 0.717) is 31.3 Å². The molecule has 0 heterocycles. The molecule has 114 valence electrons. The lowest BCUT2D eigenvalue weighted by atomic mass is 10.1. The number of nitrogens with one attached hydrogen (secondary N) is 1. The molecule has 1 aliphatic carbocycles. The van der Waals surface area contributed by atoms with Crippen molar-refractivity contribution in [1.29, 1.82) is 0 Å². The van der Waals surface area contributed by atoms with Crippen molar-refractivity contribution in [1.82, 2.24) is 10.2 Å². The molecule has 0 atom stereocenters. The minimum absolute atomic E-state index is 0.296. The Bertz CT molecular complexity index is 576. The number of nitro benzene ring substituents is 1. The van der Waals surface area contributed by atoms with Crippen LogP contribution in [0.3, 0.4) is 0 Å². The van der Waals surface area contributed by atoms with Crippen molar-refractivity contribution in [3.05, 3.63) is 39.4 Å². The average molecular weight is 299 g/mol. The van der Waals surface area contributed by atoms with E-state index in [1.165, 1.54) is 0 Å². The predicted octanol–water partition coefficient (Wildman–Crippen LogP) is 1.70. The van der Waals surface area contributed by atoms with E-state index in [2.05, 4.69) is 10.2 Å². The lowest BCUT2D eigenvalue weighted by Gasteiger charge is -2.15. The fourth-order valence-electron chi connectivity index (χ4n) is 1.99. The van der Waals surface area contributed by atoms with E-state index in [4.69, 9.17) is 0 Å². The molecule has 1 N–H and O–H groups in total. The Morgan fingerprint density at radius 2 is 2.10 bits per heavy atom. The van der Waals surface area contributed by atoms with Crippen LogP contribution in [0.5, 0.6) is 0 Å². The molecule has 6 nitrogen and oxygen atoms in total. The number of nitro groups is 1. The van der Waals surface area contributed by atoms with Gasteiger partial charge in [-0.25, -0.2) is 4.39 Å². The van der Waals surface area contributed by atoms with Crippen LogP contribution < -0.4 is 5.32 Å². The van der Waals surface area contributed by atoms with E-state index < -0.39 is 33.7 Å². The first-order valence-electron chi connectivity index (χ1n) is 6.52. The summed E-state index contributed by atoms with van der Waals surface area (Å²) in [4.78, 5) is 23.3. The zero-order chi connectivity index (χ0) is 15.6. The molecule has 0 radical (unpaired) electrons. The number of hydrogen-bond acceptors (Lipinski definition) is 4. The molecule has 1 amide bonds. The minimum Gasteiger partial charge on any atom is -0.351 e. The van der Waals surface area contributed by atoms with Crippen LogP contribution in [-0.2, 0) is 0 Å². The molecule has 21 heavy (non-hydrogen) atoms. The lowest BCUT2D eigenvalue weighted by Crippen LogP contribution is -2.34. The average Bonchev–Trinajstić information content (AvgIpc) is 3.24. The van der Waals surface area contributed by atoms with Gasteiger partial charge in [-0.2, -0.15) is 4.39 Å². The van der Waals surface area contributed by atoms with Gasteiger partial charge in [0.15, 0.2) is 0 Å². The van der Waals surface area contributed by atoms with Crippen molar-refractivity contribution < 1.29 is 18.5 Å². The first-order chi connectivity index (χ1) is 9.90. The summed E-state index contributed by atoms with van der Waals surface area (Å²) >= 11 is 0. The fourth-order valence-corrected chi connectivity index (χ4v) is 1.99. The van der Waals surface area contributed by atoms with E-state index in [-0.39, 0.29) is 0 Å². The number of hydrogen-bond donors (Lipinski definition) is 1. The van der Waals surface area contributed by atoms with Gasteiger partial charge < -0.3 is 10.2 Å². The first kappa shape index (κ1) is 15.3. The maximum absolute atomic E-state index is 13.6. The molecular weight excluding hydrogens is 284 g/mol. The summed E-state index contributed by atoms with van der Waals surface area (Å²) in [6.45, 7) is 0.900. The number of carbonyl (C=O) groups is 1. The third kappa shape index (κ3) is 3.72. The van der Waals surface area contributed by atoms with Crippen molar-refractivity contribution in [3.8, 4) is 0 Å². The summed E-state index contributed by atoms with van der Waals surface area (Å²) in [5, 5.41) is 12.9. The van der Waals surface area contributed by atoms with Crippen LogP contribution >= 0.6 is 0 Å². The van der Waals surface area contributed by atoms with Crippen molar-refractivity contribution in [3.63, 3.8) is 0 Å². The number of carbonyl (C=O) groups excluding carboxylic acids is 1. The normalized spacial score (nSPS) is 14.3. The van der Waals surface area contributed by atoms with Crippen LogP contribution in [0, 0.1) is 21.7 Å². The molecule has 1 saturated carbocycles. The molecule has 0 aromatic heterocycles. The van der Waals surface area contributed by atoms with E-state index in [1.54, 1.807) is 0 Å². The zero-order valence-corrected chi connectivity index (χ0v) is 11.4. The summed E-state index contributed by atoms with van der Waals surface area (Å²) in [5.41, 5.74) is -1.52. The predicted molar refractivity (Wildman–Crippen MR) is 71.0 cm³/mol. The van der Waals surface area contributed by atoms with Crippen LogP contribution in [0.4, 0.5) is 14.5 Å². The van der Waals surface area contributed by atoms with Crippen LogP contribution in [-0.4, -0.2) is 41.9 Å². The second kappa shape index (κ2) is 6.13. The second-order valence-electron chi connectivity index (χ2n) is 5.01. The number of benzene rings is 1. The Morgan fingerprint density at radius 3 is 2.67 bits per heavy atom. The van der Waals surface area contributed by atoms with Gasteiger partial charge >= 0.3 is 5.69 Å². The van der Waals surface area contributed by atoms with Gasteiger partial charge in [0.1, 0.15) is 5.82 Å². The molecule has 0 unspecified atom stereocenters. The molecule has 1 fully saturated rings. The second-order valence-corrected chi connectivity index (χ2v) is 5.01. The topological polar surface area (TPSA) is 75.5 Å². The van der Waals surface area contributed by atoms with Gasteiger partial charge in [-0.05, 0) is 26.0 Å². The van der Waals surface area contributed by atoms with Crippen molar-refractivity contribution in [2.24, 2.45) is 0 Å². The van der Waals surface area contributed by atoms with Crippen LogP contribution in [0.1, 0.15) is 23.2 Å². The summed E-state index contributed by atoms with van der Waals surface area (Å²) in [7, 11) is 1.93. The standard InChI is InChI=1S/C13H15F2N3O3/c1-17(8-2-3-8)5-4-16-13(19)9-6-11(15)12(18(20)21)7-10(9)14/h6-8H,2-5H2,1H3,(H,16,19). The van der Waals surface area contributed by atoms with E-state index >= 15 is 0 Å². The summed E-state index contributed by atoms with van der Waals surface area (Å²) in [6.07, 6.45) is 2.26. The molecule has 1 aromatic rings. The fraction of sp³-hybridized carbons (Fsp3) is 0.462. The minimum atomic E-state index is -1.23. The van der Waals surface area contributed by atoms with Gasteiger partial charge in [-0.3, -0.25) is 14.9 Å². The Morgan fingerprint density at radius 1 is 1.43 bits per heavy atom. The Labute approximate surface area is 119 Å². The molecule has 0 aliphatic heterocycles. The Kier molecular flexibility index (Phi) is 4.46. The molecule has 1 aromatic carbocycles. The van der Waals surface area contributed by atoms with Crippen LogP contribution in [0.25, 0.3) is 0 Å². The zero-order valence-electron chi connectivity index (χ0n) is 11.4. The van der Waals surface area contributed by atoms with Gasteiger partial charge in [-0.1, -0.05) is 0 Å². The molecule has 0 spiro atoms.